The molecule has 31 heavy (non-hydrogen) atoms. The number of aromatic nitrogens is 4. The van der Waals surface area contributed by atoms with Crippen LogP contribution in [0.3, 0.4) is 0 Å². The van der Waals surface area contributed by atoms with Crippen molar-refractivity contribution >= 4 is 22.6 Å². The molecule has 1 fully saturated rings. The largest absolute Gasteiger partial charge is 0.384 e. The Labute approximate surface area is 178 Å². The molecule has 0 radical (unpaired) electrons. The number of nitrogens with zero attached hydrogens (tertiary/aromatic N) is 5. The van der Waals surface area contributed by atoms with Gasteiger partial charge in [-0.05, 0) is 35.9 Å². The minimum Gasteiger partial charge on any atom is -0.384 e. The maximum absolute atomic E-state index is 13.4. The summed E-state index contributed by atoms with van der Waals surface area (Å²) >= 11 is 0. The number of nitrogens with two attached hydrogens (primary N) is 1. The second-order valence-electron chi connectivity index (χ2n) is 7.28. The lowest BCUT2D eigenvalue weighted by Gasteiger charge is -2.33. The molecule has 0 aliphatic carbocycles. The summed E-state index contributed by atoms with van der Waals surface area (Å²) in [5.74, 6) is 0.369. The molecule has 1 amide bonds. The van der Waals surface area contributed by atoms with E-state index in [-0.39, 0.29) is 12.0 Å². The van der Waals surface area contributed by atoms with Gasteiger partial charge in [-0.3, -0.25) is 9.78 Å². The maximum Gasteiger partial charge on any atom is 0.254 e. The third kappa shape index (κ3) is 3.69. The summed E-state index contributed by atoms with van der Waals surface area (Å²) in [6, 6.07) is 13.0. The average molecular weight is 412 g/mol. The smallest absolute Gasteiger partial charge is 0.254 e. The molecule has 5 rings (SSSR count). The lowest BCUT2D eigenvalue weighted by molar-refractivity contribution is -0.0244. The monoisotopic (exact) mass is 412 g/mol. The summed E-state index contributed by atoms with van der Waals surface area (Å²) in [5.41, 5.74) is 9.68. The van der Waals surface area contributed by atoms with Crippen LogP contribution < -0.4 is 5.73 Å². The van der Waals surface area contributed by atoms with Crippen molar-refractivity contribution in [2.24, 2.45) is 0 Å². The molecule has 8 heteroatoms. The maximum atomic E-state index is 13.4. The summed E-state index contributed by atoms with van der Waals surface area (Å²) < 4.78 is 6.02. The van der Waals surface area contributed by atoms with Gasteiger partial charge in [0.15, 0.2) is 0 Å². The molecule has 1 atom stereocenters. The van der Waals surface area contributed by atoms with Crippen LogP contribution in [0.1, 0.15) is 22.2 Å². The Morgan fingerprint density at radius 3 is 2.94 bits per heavy atom. The Kier molecular flexibility index (Phi) is 4.97. The first-order chi connectivity index (χ1) is 15.2. The van der Waals surface area contributed by atoms with Crippen LogP contribution in [-0.4, -0.2) is 50.4 Å². The van der Waals surface area contributed by atoms with Crippen LogP contribution in [0.4, 0.5) is 5.82 Å². The van der Waals surface area contributed by atoms with Crippen molar-refractivity contribution in [2.45, 2.75) is 6.10 Å². The molecule has 0 spiro atoms. The van der Waals surface area contributed by atoms with E-state index in [0.717, 1.165) is 27.7 Å². The molecule has 154 valence electrons. The van der Waals surface area contributed by atoms with Gasteiger partial charge in [-0.1, -0.05) is 12.1 Å². The zero-order valence-corrected chi connectivity index (χ0v) is 16.7. The molecular weight excluding hydrogens is 392 g/mol. The molecule has 4 aromatic rings. The highest BCUT2D eigenvalue weighted by atomic mass is 16.5. The van der Waals surface area contributed by atoms with Gasteiger partial charge in [-0.15, -0.1) is 0 Å². The number of amides is 1. The SMILES string of the molecule is Nc1cc(-c2cncnc2[C@@H]2CN(C(=O)c3cccc4ncccc34)CCO2)ccn1. The van der Waals surface area contributed by atoms with Crippen molar-refractivity contribution in [1.29, 1.82) is 0 Å². The van der Waals surface area contributed by atoms with E-state index in [9.17, 15) is 4.79 Å². The third-order valence-corrected chi connectivity index (χ3v) is 5.37. The number of carbonyl (C=O) groups excluding carboxylic acids is 1. The number of rotatable bonds is 3. The first kappa shape index (κ1) is 19.1. The number of hydrogen-bond acceptors (Lipinski definition) is 7. The highest BCUT2D eigenvalue weighted by Crippen LogP contribution is 2.31. The van der Waals surface area contributed by atoms with Gasteiger partial charge in [0, 0.05) is 41.6 Å². The number of carbonyl (C=O) groups is 1. The first-order valence-electron chi connectivity index (χ1n) is 9.97. The van der Waals surface area contributed by atoms with Gasteiger partial charge in [-0.2, -0.15) is 0 Å². The van der Waals surface area contributed by atoms with E-state index in [4.69, 9.17) is 10.5 Å². The average Bonchev–Trinajstić information content (AvgIpc) is 2.83. The summed E-state index contributed by atoms with van der Waals surface area (Å²) in [5, 5.41) is 0.841. The van der Waals surface area contributed by atoms with Crippen molar-refractivity contribution in [3.05, 3.63) is 78.6 Å². The van der Waals surface area contributed by atoms with E-state index in [0.29, 0.717) is 31.1 Å². The predicted molar refractivity (Wildman–Crippen MR) is 116 cm³/mol. The normalized spacial score (nSPS) is 16.4. The van der Waals surface area contributed by atoms with Crippen LogP contribution in [-0.2, 0) is 4.74 Å². The summed E-state index contributed by atoms with van der Waals surface area (Å²) in [6.45, 7) is 1.32. The quantitative estimate of drug-likeness (QED) is 0.551. The van der Waals surface area contributed by atoms with Crippen LogP contribution in [0.15, 0.2) is 67.4 Å². The fourth-order valence-corrected chi connectivity index (χ4v) is 3.89. The van der Waals surface area contributed by atoms with E-state index >= 15 is 0 Å². The Balaban J connectivity index is 1.46. The molecule has 4 heterocycles. The molecule has 0 saturated carbocycles. The summed E-state index contributed by atoms with van der Waals surface area (Å²) in [6.07, 6.45) is 6.22. The van der Waals surface area contributed by atoms with Gasteiger partial charge in [0.05, 0.1) is 24.4 Å². The molecule has 1 aliphatic rings. The first-order valence-corrected chi connectivity index (χ1v) is 9.97. The molecule has 8 nitrogen and oxygen atoms in total. The summed E-state index contributed by atoms with van der Waals surface area (Å²) in [7, 11) is 0. The van der Waals surface area contributed by atoms with E-state index in [1.807, 2.05) is 41.3 Å². The van der Waals surface area contributed by atoms with E-state index in [1.54, 1.807) is 24.7 Å². The molecule has 3 aromatic heterocycles. The van der Waals surface area contributed by atoms with Gasteiger partial charge in [0.2, 0.25) is 0 Å². The Morgan fingerprint density at radius 2 is 2.03 bits per heavy atom. The fraction of sp³-hybridized carbons (Fsp3) is 0.174. The molecule has 2 N–H and O–H groups in total. The molecule has 0 unspecified atom stereocenters. The van der Waals surface area contributed by atoms with Gasteiger partial charge in [-0.25, -0.2) is 15.0 Å². The highest BCUT2D eigenvalue weighted by Gasteiger charge is 2.29. The number of morpholine rings is 1. The number of benzene rings is 1. The van der Waals surface area contributed by atoms with Crippen LogP contribution in [0.5, 0.6) is 0 Å². The van der Waals surface area contributed by atoms with Crippen LogP contribution in [0.2, 0.25) is 0 Å². The molecule has 0 bridgehead atoms. The summed E-state index contributed by atoms with van der Waals surface area (Å²) in [4.78, 5) is 32.2. The minimum absolute atomic E-state index is 0.0457. The topological polar surface area (TPSA) is 107 Å². The predicted octanol–water partition coefficient (Wildman–Crippen LogP) is 2.88. The van der Waals surface area contributed by atoms with E-state index in [2.05, 4.69) is 19.9 Å². The molecule has 1 aromatic carbocycles. The van der Waals surface area contributed by atoms with Crippen molar-refractivity contribution < 1.29 is 9.53 Å². The lowest BCUT2D eigenvalue weighted by atomic mass is 10.0. The zero-order chi connectivity index (χ0) is 21.2. The number of fused-ring (bicyclic) bond motifs is 1. The number of ether oxygens (including phenoxy) is 1. The number of hydrogen-bond donors (Lipinski definition) is 1. The van der Waals surface area contributed by atoms with Gasteiger partial charge in [0.1, 0.15) is 18.2 Å². The zero-order valence-electron chi connectivity index (χ0n) is 16.7. The van der Waals surface area contributed by atoms with Crippen molar-refractivity contribution in [1.82, 2.24) is 24.8 Å². The second kappa shape index (κ2) is 8.08. The Bertz CT molecular complexity index is 1260. The lowest BCUT2D eigenvalue weighted by Crippen LogP contribution is -2.42. The van der Waals surface area contributed by atoms with Crippen LogP contribution in [0.25, 0.3) is 22.0 Å². The fourth-order valence-electron chi connectivity index (χ4n) is 3.89. The Morgan fingerprint density at radius 1 is 1.10 bits per heavy atom. The molecule has 1 aliphatic heterocycles. The van der Waals surface area contributed by atoms with Crippen LogP contribution >= 0.6 is 0 Å². The minimum atomic E-state index is -0.377. The standard InChI is InChI=1S/C23H20N6O2/c24-21-11-15(6-8-27-21)18-12-25-14-28-22(18)20-13-29(9-10-31-20)23(30)17-3-1-5-19-16(17)4-2-7-26-19/h1-8,11-12,14,20H,9-10,13H2,(H2,24,27)/t20-/m0/s1. The third-order valence-electron chi connectivity index (χ3n) is 5.37. The van der Waals surface area contributed by atoms with Crippen molar-refractivity contribution in [2.75, 3.05) is 25.4 Å². The molecule has 1 saturated heterocycles. The highest BCUT2D eigenvalue weighted by molar-refractivity contribution is 6.06. The van der Waals surface area contributed by atoms with Gasteiger partial charge in [0.25, 0.3) is 5.91 Å². The van der Waals surface area contributed by atoms with E-state index in [1.165, 1.54) is 6.33 Å². The van der Waals surface area contributed by atoms with Crippen molar-refractivity contribution in [3.8, 4) is 11.1 Å². The number of anilines is 1. The second-order valence-corrected chi connectivity index (χ2v) is 7.28. The molecular formula is C23H20N6O2. The number of nitrogen functional groups attached to an aromatic ring is 1. The van der Waals surface area contributed by atoms with Crippen LogP contribution in [0, 0.1) is 0 Å². The van der Waals surface area contributed by atoms with Gasteiger partial charge < -0.3 is 15.4 Å². The number of pyridine rings is 2. The van der Waals surface area contributed by atoms with Crippen molar-refractivity contribution in [3.63, 3.8) is 0 Å². The van der Waals surface area contributed by atoms with E-state index < -0.39 is 0 Å². The Hall–Kier alpha value is -3.91. The van der Waals surface area contributed by atoms with Gasteiger partial charge >= 0.3 is 0 Å².